The molecule has 0 aliphatic heterocycles. The molecule has 0 spiro atoms. The van der Waals surface area contributed by atoms with Crippen LogP contribution in [0.4, 0.5) is 4.39 Å². The molecule has 0 radical (unpaired) electrons. The zero-order valence-electron chi connectivity index (χ0n) is 17.9. The number of aryl methyl sites for hydroxylation is 1. The van der Waals surface area contributed by atoms with Gasteiger partial charge in [-0.3, -0.25) is 13.9 Å². The maximum Gasteiger partial charge on any atom is 0.262 e. The van der Waals surface area contributed by atoms with E-state index in [2.05, 4.69) is 10.1 Å². The van der Waals surface area contributed by atoms with Gasteiger partial charge in [-0.15, -0.1) is 11.3 Å². The van der Waals surface area contributed by atoms with Crippen LogP contribution in [0.3, 0.4) is 0 Å². The van der Waals surface area contributed by atoms with Gasteiger partial charge in [-0.1, -0.05) is 18.2 Å². The fourth-order valence-corrected chi connectivity index (χ4v) is 4.68. The molecule has 33 heavy (non-hydrogen) atoms. The molecule has 4 aromatic heterocycles. The minimum absolute atomic E-state index is 0.273. The molecule has 166 valence electrons. The standard InChI is InChI=1S/C24H20FN5O2S/c1-14(17-5-3-4-6-18(17)25)32-20-10-21(33-23(20)24(26)31)19-12-27-22-9-15(7-8-30(19)22)16-11-28-29(2)13-16/h3-14H,1-2H3,(H2,26,31). The SMILES string of the molecule is CC(Oc1cc(-c2cnc3cc(-c4cnn(C)c4)ccn23)sc1C(N)=O)c1ccccc1F. The Morgan fingerprint density at radius 3 is 2.73 bits per heavy atom. The quantitative estimate of drug-likeness (QED) is 0.392. The first-order chi connectivity index (χ1) is 15.9. The van der Waals surface area contributed by atoms with Crippen molar-refractivity contribution in [2.75, 3.05) is 0 Å². The van der Waals surface area contributed by atoms with E-state index in [-0.39, 0.29) is 10.7 Å². The normalized spacial score (nSPS) is 12.2. The maximum absolute atomic E-state index is 14.2. The highest BCUT2D eigenvalue weighted by Crippen LogP contribution is 2.38. The first-order valence-electron chi connectivity index (χ1n) is 10.2. The van der Waals surface area contributed by atoms with Crippen molar-refractivity contribution in [1.82, 2.24) is 19.2 Å². The van der Waals surface area contributed by atoms with Gasteiger partial charge in [0.15, 0.2) is 0 Å². The molecule has 1 atom stereocenters. The van der Waals surface area contributed by atoms with E-state index in [9.17, 15) is 9.18 Å². The molecule has 1 unspecified atom stereocenters. The van der Waals surface area contributed by atoms with E-state index in [1.165, 1.54) is 17.4 Å². The monoisotopic (exact) mass is 461 g/mol. The van der Waals surface area contributed by atoms with Gasteiger partial charge < -0.3 is 10.5 Å². The topological polar surface area (TPSA) is 87.4 Å². The highest BCUT2D eigenvalue weighted by Gasteiger charge is 2.21. The lowest BCUT2D eigenvalue weighted by atomic mass is 10.1. The Morgan fingerprint density at radius 2 is 2.00 bits per heavy atom. The molecule has 0 fully saturated rings. The Labute approximate surface area is 192 Å². The molecule has 5 aromatic rings. The molecule has 0 aliphatic rings. The lowest BCUT2D eigenvalue weighted by molar-refractivity contribution is 0.0998. The van der Waals surface area contributed by atoms with Crippen molar-refractivity contribution in [3.05, 3.63) is 83.5 Å². The smallest absolute Gasteiger partial charge is 0.262 e. The number of imidazole rings is 1. The Balaban J connectivity index is 1.51. The minimum Gasteiger partial charge on any atom is -0.484 e. The van der Waals surface area contributed by atoms with Crippen LogP contribution in [0.1, 0.15) is 28.3 Å². The summed E-state index contributed by atoms with van der Waals surface area (Å²) in [5.74, 6) is -0.651. The van der Waals surface area contributed by atoms with Crippen molar-refractivity contribution in [2.24, 2.45) is 12.8 Å². The summed E-state index contributed by atoms with van der Waals surface area (Å²) in [6, 6.07) is 12.1. The molecule has 4 heterocycles. The number of hydrogen-bond donors (Lipinski definition) is 1. The van der Waals surface area contributed by atoms with Gasteiger partial charge in [0.1, 0.15) is 28.2 Å². The molecular weight excluding hydrogens is 441 g/mol. The summed E-state index contributed by atoms with van der Waals surface area (Å²) in [5, 5.41) is 4.22. The molecule has 5 rings (SSSR count). The lowest BCUT2D eigenvalue weighted by Crippen LogP contribution is -2.12. The average molecular weight is 462 g/mol. The number of fused-ring (bicyclic) bond motifs is 1. The lowest BCUT2D eigenvalue weighted by Gasteiger charge is -2.15. The zero-order valence-corrected chi connectivity index (χ0v) is 18.7. The van der Waals surface area contributed by atoms with Gasteiger partial charge >= 0.3 is 0 Å². The summed E-state index contributed by atoms with van der Waals surface area (Å²) in [5.41, 5.74) is 9.55. The Morgan fingerprint density at radius 1 is 1.18 bits per heavy atom. The van der Waals surface area contributed by atoms with Crippen molar-refractivity contribution in [3.63, 3.8) is 0 Å². The summed E-state index contributed by atoms with van der Waals surface area (Å²) >= 11 is 1.22. The fraction of sp³-hybridized carbons (Fsp3) is 0.125. The van der Waals surface area contributed by atoms with E-state index in [1.54, 1.807) is 48.3 Å². The first-order valence-corrected chi connectivity index (χ1v) is 11.0. The van der Waals surface area contributed by atoms with Crippen LogP contribution in [0.5, 0.6) is 5.75 Å². The van der Waals surface area contributed by atoms with Gasteiger partial charge in [-0.05, 0) is 30.7 Å². The van der Waals surface area contributed by atoms with Crippen LogP contribution in [0.15, 0.2) is 67.3 Å². The molecular formula is C24H20FN5O2S. The predicted octanol–water partition coefficient (Wildman–Crippen LogP) is 4.84. The number of benzene rings is 1. The second kappa shape index (κ2) is 8.18. The molecule has 1 aromatic carbocycles. The molecule has 0 saturated carbocycles. The van der Waals surface area contributed by atoms with Crippen LogP contribution in [-0.4, -0.2) is 25.1 Å². The Hall–Kier alpha value is -3.98. The van der Waals surface area contributed by atoms with Crippen molar-refractivity contribution in [3.8, 4) is 27.4 Å². The van der Waals surface area contributed by atoms with Crippen LogP contribution in [0.2, 0.25) is 0 Å². The third-order valence-corrected chi connectivity index (χ3v) is 6.53. The number of carbonyl (C=O) groups excluding carboxylic acids is 1. The molecule has 0 bridgehead atoms. The Bertz CT molecular complexity index is 1490. The van der Waals surface area contributed by atoms with Crippen molar-refractivity contribution >= 4 is 22.9 Å². The fourth-order valence-electron chi connectivity index (χ4n) is 3.73. The van der Waals surface area contributed by atoms with Crippen LogP contribution in [0, 0.1) is 5.82 Å². The number of rotatable bonds is 6. The van der Waals surface area contributed by atoms with Crippen LogP contribution >= 0.6 is 11.3 Å². The summed E-state index contributed by atoms with van der Waals surface area (Å²) < 4.78 is 23.8. The number of primary amides is 1. The highest BCUT2D eigenvalue weighted by atomic mass is 32.1. The third kappa shape index (κ3) is 3.87. The van der Waals surface area contributed by atoms with Crippen LogP contribution < -0.4 is 10.5 Å². The third-order valence-electron chi connectivity index (χ3n) is 5.37. The molecule has 0 aliphatic carbocycles. The van der Waals surface area contributed by atoms with Gasteiger partial charge in [0.25, 0.3) is 5.91 Å². The number of ether oxygens (including phenoxy) is 1. The number of carbonyl (C=O) groups is 1. The van der Waals surface area contributed by atoms with Crippen molar-refractivity contribution in [2.45, 2.75) is 13.0 Å². The number of amides is 1. The van der Waals surface area contributed by atoms with E-state index >= 15 is 0 Å². The number of nitrogens with two attached hydrogens (primary N) is 1. The van der Waals surface area contributed by atoms with Gasteiger partial charge in [-0.2, -0.15) is 5.10 Å². The maximum atomic E-state index is 14.2. The minimum atomic E-state index is -0.602. The number of halogens is 1. The number of pyridine rings is 1. The van der Waals surface area contributed by atoms with E-state index in [0.717, 1.165) is 27.3 Å². The molecule has 2 N–H and O–H groups in total. The molecule has 0 saturated heterocycles. The van der Waals surface area contributed by atoms with Gasteiger partial charge in [0.05, 0.1) is 23.0 Å². The summed E-state index contributed by atoms with van der Waals surface area (Å²) in [6.45, 7) is 1.73. The summed E-state index contributed by atoms with van der Waals surface area (Å²) in [7, 11) is 1.87. The number of hydrogen-bond acceptors (Lipinski definition) is 5. The summed E-state index contributed by atoms with van der Waals surface area (Å²) in [6.07, 6.45) is 6.80. The van der Waals surface area contributed by atoms with Gasteiger partial charge in [0.2, 0.25) is 0 Å². The number of nitrogens with zero attached hydrogens (tertiary/aromatic N) is 4. The molecule has 7 nitrogen and oxygen atoms in total. The molecule has 1 amide bonds. The summed E-state index contributed by atoms with van der Waals surface area (Å²) in [4.78, 5) is 17.7. The van der Waals surface area contributed by atoms with E-state index in [4.69, 9.17) is 10.5 Å². The van der Waals surface area contributed by atoms with Gasteiger partial charge in [-0.25, -0.2) is 9.37 Å². The number of aromatic nitrogens is 4. The van der Waals surface area contributed by atoms with Crippen molar-refractivity contribution < 1.29 is 13.9 Å². The first kappa shape index (κ1) is 20.9. The van der Waals surface area contributed by atoms with Gasteiger partial charge in [0, 0.05) is 36.6 Å². The largest absolute Gasteiger partial charge is 0.484 e. The Kier molecular flexibility index (Phi) is 5.18. The van der Waals surface area contributed by atoms with E-state index in [0.29, 0.717) is 11.3 Å². The molecule has 9 heteroatoms. The second-order valence-electron chi connectivity index (χ2n) is 7.64. The number of thiophene rings is 1. The van der Waals surface area contributed by atoms with E-state index in [1.807, 2.05) is 36.0 Å². The second-order valence-corrected chi connectivity index (χ2v) is 8.69. The van der Waals surface area contributed by atoms with E-state index < -0.39 is 12.0 Å². The van der Waals surface area contributed by atoms with Crippen LogP contribution in [-0.2, 0) is 7.05 Å². The highest BCUT2D eigenvalue weighted by molar-refractivity contribution is 7.17. The van der Waals surface area contributed by atoms with Crippen LogP contribution in [0.25, 0.3) is 27.3 Å². The average Bonchev–Trinajstić information content (AvgIpc) is 3.51. The zero-order chi connectivity index (χ0) is 23.1. The van der Waals surface area contributed by atoms with Crippen molar-refractivity contribution in [1.29, 1.82) is 0 Å². The predicted molar refractivity (Wildman–Crippen MR) is 125 cm³/mol.